The molecule has 0 saturated carbocycles. The fourth-order valence-corrected chi connectivity index (χ4v) is 1.31. The number of aromatic nitrogens is 2. The van der Waals surface area contributed by atoms with Gasteiger partial charge in [0.05, 0.1) is 10.9 Å². The Labute approximate surface area is 72.3 Å². The molecule has 5 heteroatoms. The summed E-state index contributed by atoms with van der Waals surface area (Å²) < 4.78 is 13.1. The number of nitrogen functional groups attached to an aromatic ring is 1. The van der Waals surface area contributed by atoms with Crippen molar-refractivity contribution >= 4 is 28.2 Å². The minimum Gasteiger partial charge on any atom is -0.399 e. The Balaban J connectivity index is 2.93. The number of aromatic amines is 1. The van der Waals surface area contributed by atoms with E-state index in [4.69, 9.17) is 17.3 Å². The largest absolute Gasteiger partial charge is 0.399 e. The Morgan fingerprint density at radius 3 is 3.00 bits per heavy atom. The lowest BCUT2D eigenvalue weighted by molar-refractivity contribution is 0.640. The molecule has 3 nitrogen and oxygen atoms in total. The van der Waals surface area contributed by atoms with Crippen molar-refractivity contribution in [2.45, 2.75) is 0 Å². The van der Waals surface area contributed by atoms with Crippen molar-refractivity contribution in [3.05, 3.63) is 23.1 Å². The standard InChI is InChI=1S/C7H5ClFN3/c8-7-6-4(9)1-3(10)2-5(6)11-12-7/h1-2H,10H2,(H,11,12). The van der Waals surface area contributed by atoms with E-state index in [2.05, 4.69) is 10.2 Å². The third kappa shape index (κ3) is 0.921. The van der Waals surface area contributed by atoms with E-state index in [1.54, 1.807) is 6.07 Å². The van der Waals surface area contributed by atoms with Gasteiger partial charge in [-0.25, -0.2) is 4.39 Å². The zero-order valence-electron chi connectivity index (χ0n) is 5.94. The summed E-state index contributed by atoms with van der Waals surface area (Å²) in [5.74, 6) is -0.455. The maximum atomic E-state index is 13.1. The molecule has 0 aliphatic carbocycles. The summed E-state index contributed by atoms with van der Waals surface area (Å²) in [5.41, 5.74) is 6.18. The molecule has 0 bridgehead atoms. The Bertz CT molecular complexity index is 437. The van der Waals surface area contributed by atoms with Crippen LogP contribution in [0.25, 0.3) is 10.9 Å². The minimum absolute atomic E-state index is 0.197. The molecule has 0 spiro atoms. The molecule has 0 amide bonds. The molecular weight excluding hydrogens is 181 g/mol. The van der Waals surface area contributed by atoms with Gasteiger partial charge in [-0.1, -0.05) is 11.6 Å². The molecule has 0 aliphatic rings. The molecule has 0 saturated heterocycles. The molecule has 3 N–H and O–H groups in total. The first-order valence-corrected chi connectivity index (χ1v) is 3.65. The third-order valence-electron chi connectivity index (χ3n) is 1.59. The van der Waals surface area contributed by atoms with Crippen LogP contribution in [-0.4, -0.2) is 10.2 Å². The van der Waals surface area contributed by atoms with Crippen LogP contribution in [0, 0.1) is 5.82 Å². The van der Waals surface area contributed by atoms with Crippen LogP contribution in [0.3, 0.4) is 0 Å². The lowest BCUT2D eigenvalue weighted by Crippen LogP contribution is -1.86. The summed E-state index contributed by atoms with van der Waals surface area (Å²) in [6, 6.07) is 2.77. The number of hydrogen-bond donors (Lipinski definition) is 2. The van der Waals surface area contributed by atoms with E-state index in [0.29, 0.717) is 11.2 Å². The first-order chi connectivity index (χ1) is 5.68. The third-order valence-corrected chi connectivity index (χ3v) is 1.86. The second kappa shape index (κ2) is 2.35. The van der Waals surface area contributed by atoms with Gasteiger partial charge >= 0.3 is 0 Å². The average molecular weight is 186 g/mol. The molecule has 0 atom stereocenters. The van der Waals surface area contributed by atoms with Crippen molar-refractivity contribution in [3.63, 3.8) is 0 Å². The van der Waals surface area contributed by atoms with Gasteiger partial charge < -0.3 is 5.73 Å². The van der Waals surface area contributed by atoms with Crippen LogP contribution in [-0.2, 0) is 0 Å². The van der Waals surface area contributed by atoms with E-state index in [9.17, 15) is 4.39 Å². The van der Waals surface area contributed by atoms with Gasteiger partial charge in [0.25, 0.3) is 0 Å². The maximum Gasteiger partial charge on any atom is 0.137 e. The molecule has 0 radical (unpaired) electrons. The monoisotopic (exact) mass is 185 g/mol. The van der Waals surface area contributed by atoms with Crippen molar-refractivity contribution in [1.29, 1.82) is 0 Å². The van der Waals surface area contributed by atoms with Crippen LogP contribution >= 0.6 is 11.6 Å². The number of rotatable bonds is 0. The Morgan fingerprint density at radius 2 is 2.25 bits per heavy atom. The zero-order valence-corrected chi connectivity index (χ0v) is 6.69. The predicted octanol–water partition coefficient (Wildman–Crippen LogP) is 1.94. The van der Waals surface area contributed by atoms with E-state index in [1.165, 1.54) is 6.07 Å². The highest BCUT2D eigenvalue weighted by Gasteiger charge is 2.08. The predicted molar refractivity (Wildman–Crippen MR) is 45.5 cm³/mol. The zero-order chi connectivity index (χ0) is 8.72. The van der Waals surface area contributed by atoms with Gasteiger partial charge in [-0.15, -0.1) is 0 Å². The minimum atomic E-state index is -0.455. The Morgan fingerprint density at radius 1 is 1.50 bits per heavy atom. The lowest BCUT2D eigenvalue weighted by atomic mass is 10.2. The van der Waals surface area contributed by atoms with E-state index in [-0.39, 0.29) is 10.5 Å². The molecule has 1 aromatic heterocycles. The second-order valence-corrected chi connectivity index (χ2v) is 2.81. The molecule has 12 heavy (non-hydrogen) atoms. The second-order valence-electron chi connectivity index (χ2n) is 2.43. The van der Waals surface area contributed by atoms with Gasteiger partial charge in [-0.3, -0.25) is 5.10 Å². The quantitative estimate of drug-likeness (QED) is 0.617. The van der Waals surface area contributed by atoms with Crippen LogP contribution < -0.4 is 5.73 Å². The van der Waals surface area contributed by atoms with Crippen molar-refractivity contribution in [3.8, 4) is 0 Å². The molecular formula is C7H5ClFN3. The topological polar surface area (TPSA) is 54.7 Å². The molecule has 2 aromatic rings. The van der Waals surface area contributed by atoms with E-state index in [0.717, 1.165) is 0 Å². The number of nitrogens with zero attached hydrogens (tertiary/aromatic N) is 1. The van der Waals surface area contributed by atoms with Gasteiger partial charge in [-0.05, 0) is 12.1 Å². The summed E-state index contributed by atoms with van der Waals surface area (Å²) in [6.07, 6.45) is 0. The highest BCUT2D eigenvalue weighted by Crippen LogP contribution is 2.25. The van der Waals surface area contributed by atoms with Crippen LogP contribution in [0.1, 0.15) is 0 Å². The number of fused-ring (bicyclic) bond motifs is 1. The summed E-state index contributed by atoms with van der Waals surface area (Å²) in [5, 5.41) is 6.71. The number of H-pyrrole nitrogens is 1. The number of benzene rings is 1. The van der Waals surface area contributed by atoms with E-state index >= 15 is 0 Å². The van der Waals surface area contributed by atoms with Gasteiger partial charge in [0.15, 0.2) is 0 Å². The highest BCUT2D eigenvalue weighted by molar-refractivity contribution is 6.34. The lowest BCUT2D eigenvalue weighted by Gasteiger charge is -1.94. The first kappa shape index (κ1) is 7.36. The van der Waals surface area contributed by atoms with E-state index < -0.39 is 5.82 Å². The summed E-state index contributed by atoms with van der Waals surface area (Å²) in [7, 11) is 0. The first-order valence-electron chi connectivity index (χ1n) is 3.27. The number of nitrogens with one attached hydrogen (secondary N) is 1. The molecule has 1 heterocycles. The van der Waals surface area contributed by atoms with Crippen molar-refractivity contribution in [2.24, 2.45) is 0 Å². The molecule has 0 aliphatic heterocycles. The Kier molecular flexibility index (Phi) is 1.44. The summed E-state index contributed by atoms with van der Waals surface area (Å²) in [6.45, 7) is 0. The average Bonchev–Trinajstić information content (AvgIpc) is 2.31. The van der Waals surface area contributed by atoms with Crippen LogP contribution in [0.15, 0.2) is 12.1 Å². The summed E-state index contributed by atoms with van der Waals surface area (Å²) in [4.78, 5) is 0. The number of anilines is 1. The van der Waals surface area contributed by atoms with Crippen LogP contribution in [0.2, 0.25) is 5.15 Å². The summed E-state index contributed by atoms with van der Waals surface area (Å²) >= 11 is 5.63. The van der Waals surface area contributed by atoms with Crippen molar-refractivity contribution in [1.82, 2.24) is 10.2 Å². The van der Waals surface area contributed by atoms with Gasteiger partial charge in [0.2, 0.25) is 0 Å². The smallest absolute Gasteiger partial charge is 0.137 e. The van der Waals surface area contributed by atoms with Crippen LogP contribution in [0.5, 0.6) is 0 Å². The molecule has 1 aromatic carbocycles. The molecule has 0 fully saturated rings. The Hall–Kier alpha value is -1.29. The molecule has 62 valence electrons. The van der Waals surface area contributed by atoms with Crippen LogP contribution in [0.4, 0.5) is 10.1 Å². The molecule has 2 rings (SSSR count). The fraction of sp³-hybridized carbons (Fsp3) is 0. The number of hydrogen-bond acceptors (Lipinski definition) is 2. The van der Waals surface area contributed by atoms with Gasteiger partial charge in [0.1, 0.15) is 11.0 Å². The van der Waals surface area contributed by atoms with Crippen molar-refractivity contribution < 1.29 is 4.39 Å². The van der Waals surface area contributed by atoms with Gasteiger partial charge in [0, 0.05) is 5.69 Å². The van der Waals surface area contributed by atoms with Crippen molar-refractivity contribution in [2.75, 3.05) is 5.73 Å². The van der Waals surface area contributed by atoms with E-state index in [1.807, 2.05) is 0 Å². The SMILES string of the molecule is Nc1cc(F)c2c(Cl)[nH]nc2c1. The normalized spacial score (nSPS) is 10.8. The fourth-order valence-electron chi connectivity index (χ4n) is 1.08. The number of nitrogens with two attached hydrogens (primary N) is 1. The van der Waals surface area contributed by atoms with Gasteiger partial charge in [-0.2, -0.15) is 5.10 Å². The maximum absolute atomic E-state index is 13.1. The number of halogens is 2. The molecule has 0 unspecified atom stereocenters. The highest BCUT2D eigenvalue weighted by atomic mass is 35.5.